The van der Waals surface area contributed by atoms with Crippen molar-refractivity contribution in [3.63, 3.8) is 0 Å². The average Bonchev–Trinajstić information content (AvgIpc) is 2.58. The minimum absolute atomic E-state index is 0.186. The van der Waals surface area contributed by atoms with E-state index in [0.29, 0.717) is 4.91 Å². The van der Waals surface area contributed by atoms with Crippen LogP contribution < -0.4 is 10.2 Å². The number of nitrogens with zero attached hydrogens (tertiary/aromatic N) is 1. The lowest BCUT2D eigenvalue weighted by Gasteiger charge is -2.11. The predicted molar refractivity (Wildman–Crippen MR) is 72.2 cm³/mol. The van der Waals surface area contributed by atoms with Gasteiger partial charge in [0.1, 0.15) is 0 Å². The van der Waals surface area contributed by atoms with Gasteiger partial charge in [0.25, 0.3) is 5.91 Å². The molecule has 1 aliphatic heterocycles. The van der Waals surface area contributed by atoms with E-state index in [9.17, 15) is 4.79 Å². The third-order valence-corrected chi connectivity index (χ3v) is 3.20. The highest BCUT2D eigenvalue weighted by Crippen LogP contribution is 2.25. The van der Waals surface area contributed by atoms with Crippen molar-refractivity contribution < 1.29 is 4.79 Å². The van der Waals surface area contributed by atoms with Crippen molar-refractivity contribution in [3.8, 4) is 0 Å². The molecule has 17 heavy (non-hydrogen) atoms. The number of carbonyl (C=O) groups excluding carboxylic acids is 1. The third kappa shape index (κ3) is 2.68. The van der Waals surface area contributed by atoms with Gasteiger partial charge in [-0.05, 0) is 35.5 Å². The Labute approximate surface area is 104 Å². The topological polar surface area (TPSA) is 56.2 Å². The van der Waals surface area contributed by atoms with Crippen LogP contribution in [0.15, 0.2) is 29.2 Å². The van der Waals surface area contributed by atoms with E-state index in [0.717, 1.165) is 23.0 Å². The van der Waals surface area contributed by atoms with E-state index in [2.05, 4.69) is 5.32 Å². The fraction of sp³-hybridized carbons (Fsp3) is 0.167. The number of hydrogen-bond acceptors (Lipinski definition) is 4. The number of anilines is 1. The first-order valence-corrected chi connectivity index (χ1v) is 5.95. The van der Waals surface area contributed by atoms with Gasteiger partial charge in [0.05, 0.1) is 4.91 Å². The van der Waals surface area contributed by atoms with Crippen LogP contribution in [-0.4, -0.2) is 25.2 Å². The molecule has 0 bridgehead atoms. The Balaban J connectivity index is 2.21. The molecular formula is C12H13N3OS. The Kier molecular flexibility index (Phi) is 3.19. The summed E-state index contributed by atoms with van der Waals surface area (Å²) in [7, 11) is 3.96. The quantitative estimate of drug-likeness (QED) is 0.785. The second kappa shape index (κ2) is 4.63. The van der Waals surface area contributed by atoms with Crippen molar-refractivity contribution in [1.29, 1.82) is 5.41 Å². The van der Waals surface area contributed by atoms with E-state index in [1.54, 1.807) is 6.08 Å². The summed E-state index contributed by atoms with van der Waals surface area (Å²) in [5.41, 5.74) is 2.08. The predicted octanol–water partition coefficient (Wildman–Crippen LogP) is 1.89. The van der Waals surface area contributed by atoms with Crippen LogP contribution in [0.1, 0.15) is 5.56 Å². The van der Waals surface area contributed by atoms with Crippen LogP contribution in [0.2, 0.25) is 0 Å². The molecule has 0 aliphatic carbocycles. The Bertz CT molecular complexity index is 491. The van der Waals surface area contributed by atoms with Gasteiger partial charge in [-0.15, -0.1) is 0 Å². The fourth-order valence-electron chi connectivity index (χ4n) is 1.46. The molecule has 1 aliphatic rings. The number of hydrogen-bond donors (Lipinski definition) is 2. The zero-order chi connectivity index (χ0) is 12.4. The Hall–Kier alpha value is -1.75. The lowest BCUT2D eigenvalue weighted by Crippen LogP contribution is -2.18. The van der Waals surface area contributed by atoms with E-state index in [1.807, 2.05) is 43.3 Å². The summed E-state index contributed by atoms with van der Waals surface area (Å²) in [5, 5.41) is 9.98. The molecule has 1 saturated heterocycles. The van der Waals surface area contributed by atoms with Crippen LogP contribution in [0.25, 0.3) is 6.08 Å². The maximum Gasteiger partial charge on any atom is 0.264 e. The first-order valence-electron chi connectivity index (χ1n) is 5.13. The number of thioether (sulfide) groups is 1. The molecule has 0 spiro atoms. The maximum atomic E-state index is 11.4. The molecule has 88 valence electrons. The molecule has 1 heterocycles. The molecule has 1 aromatic rings. The van der Waals surface area contributed by atoms with Crippen molar-refractivity contribution in [3.05, 3.63) is 34.7 Å². The second-order valence-electron chi connectivity index (χ2n) is 3.88. The van der Waals surface area contributed by atoms with Gasteiger partial charge in [-0.2, -0.15) is 0 Å². The lowest BCUT2D eigenvalue weighted by atomic mass is 10.2. The van der Waals surface area contributed by atoms with Gasteiger partial charge < -0.3 is 10.2 Å². The molecule has 1 fully saturated rings. The maximum absolute atomic E-state index is 11.4. The summed E-state index contributed by atoms with van der Waals surface area (Å²) in [5.74, 6) is -0.198. The monoisotopic (exact) mass is 247 g/mol. The molecule has 1 amide bonds. The second-order valence-corrected chi connectivity index (χ2v) is 4.93. The van der Waals surface area contributed by atoms with Crippen LogP contribution in [0, 0.1) is 5.41 Å². The van der Waals surface area contributed by atoms with Gasteiger partial charge >= 0.3 is 0 Å². The number of benzene rings is 1. The average molecular weight is 247 g/mol. The van der Waals surface area contributed by atoms with Crippen molar-refractivity contribution in [1.82, 2.24) is 5.32 Å². The largest absolute Gasteiger partial charge is 0.378 e. The van der Waals surface area contributed by atoms with Crippen LogP contribution in [0.3, 0.4) is 0 Å². The van der Waals surface area contributed by atoms with E-state index in [-0.39, 0.29) is 11.1 Å². The van der Waals surface area contributed by atoms with Crippen LogP contribution >= 0.6 is 11.8 Å². The molecule has 0 unspecified atom stereocenters. The Morgan fingerprint density at radius 3 is 2.41 bits per heavy atom. The summed E-state index contributed by atoms with van der Waals surface area (Å²) >= 11 is 1.15. The zero-order valence-corrected chi connectivity index (χ0v) is 10.5. The lowest BCUT2D eigenvalue weighted by molar-refractivity contribution is -0.115. The SMILES string of the molecule is CN(C)c1ccc(/C=C2/SC(=N)NC2=O)cc1. The molecular weight excluding hydrogens is 234 g/mol. The van der Waals surface area contributed by atoms with E-state index in [4.69, 9.17) is 5.41 Å². The van der Waals surface area contributed by atoms with Gasteiger partial charge in [0, 0.05) is 19.8 Å². The summed E-state index contributed by atoms with van der Waals surface area (Å²) in [6, 6.07) is 7.90. The van der Waals surface area contributed by atoms with Crippen molar-refractivity contribution in [2.24, 2.45) is 0 Å². The van der Waals surface area contributed by atoms with Crippen LogP contribution in [0.5, 0.6) is 0 Å². The minimum Gasteiger partial charge on any atom is -0.378 e. The van der Waals surface area contributed by atoms with Gasteiger partial charge in [-0.25, -0.2) is 0 Å². The highest BCUT2D eigenvalue weighted by atomic mass is 32.2. The van der Waals surface area contributed by atoms with Crippen molar-refractivity contribution in [2.75, 3.05) is 19.0 Å². The number of rotatable bonds is 2. The number of amides is 1. The van der Waals surface area contributed by atoms with Crippen molar-refractivity contribution in [2.45, 2.75) is 0 Å². The summed E-state index contributed by atoms with van der Waals surface area (Å²) < 4.78 is 0. The van der Waals surface area contributed by atoms with Gasteiger partial charge in [0.2, 0.25) is 0 Å². The molecule has 0 radical (unpaired) electrons. The number of carbonyl (C=O) groups is 1. The number of nitrogens with one attached hydrogen (secondary N) is 2. The molecule has 4 nitrogen and oxygen atoms in total. The molecule has 2 rings (SSSR count). The van der Waals surface area contributed by atoms with Crippen LogP contribution in [0.4, 0.5) is 5.69 Å². The normalized spacial score (nSPS) is 17.4. The fourth-order valence-corrected chi connectivity index (χ4v) is 2.16. The first kappa shape index (κ1) is 11.7. The van der Waals surface area contributed by atoms with Crippen LogP contribution in [-0.2, 0) is 4.79 Å². The summed E-state index contributed by atoms with van der Waals surface area (Å²) in [6.45, 7) is 0. The smallest absolute Gasteiger partial charge is 0.264 e. The molecule has 1 aromatic carbocycles. The highest BCUT2D eigenvalue weighted by Gasteiger charge is 2.21. The van der Waals surface area contributed by atoms with Gasteiger partial charge in [-0.1, -0.05) is 12.1 Å². The third-order valence-electron chi connectivity index (χ3n) is 2.37. The summed E-state index contributed by atoms with van der Waals surface area (Å²) in [4.78, 5) is 14.0. The minimum atomic E-state index is -0.198. The van der Waals surface area contributed by atoms with E-state index < -0.39 is 0 Å². The zero-order valence-electron chi connectivity index (χ0n) is 9.65. The first-order chi connectivity index (χ1) is 8.06. The Morgan fingerprint density at radius 2 is 1.94 bits per heavy atom. The molecule has 0 aromatic heterocycles. The van der Waals surface area contributed by atoms with E-state index in [1.165, 1.54) is 0 Å². The van der Waals surface area contributed by atoms with Crippen molar-refractivity contribution >= 4 is 34.6 Å². The molecule has 5 heteroatoms. The van der Waals surface area contributed by atoms with E-state index >= 15 is 0 Å². The molecule has 0 atom stereocenters. The summed E-state index contributed by atoms with van der Waals surface area (Å²) in [6.07, 6.45) is 1.79. The van der Waals surface area contributed by atoms with Gasteiger partial charge in [-0.3, -0.25) is 10.2 Å². The number of amidine groups is 1. The standard InChI is InChI=1S/C12H13N3OS/c1-15(2)9-5-3-8(4-6-9)7-10-11(16)14-12(13)17-10/h3-7H,1-2H3,(H2,13,14,16)/b10-7+. The highest BCUT2D eigenvalue weighted by molar-refractivity contribution is 8.18. The molecule has 0 saturated carbocycles. The molecule has 2 N–H and O–H groups in total. The van der Waals surface area contributed by atoms with Gasteiger partial charge in [0.15, 0.2) is 5.17 Å². The Morgan fingerprint density at radius 1 is 1.29 bits per heavy atom.